The van der Waals surface area contributed by atoms with Gasteiger partial charge in [-0.05, 0) is 31.1 Å². The van der Waals surface area contributed by atoms with Gasteiger partial charge < -0.3 is 0 Å². The molecule has 0 bridgehead atoms. The second-order valence-corrected chi connectivity index (χ2v) is 2.82. The lowest BCUT2D eigenvalue weighted by Gasteiger charge is -2.03. The van der Waals surface area contributed by atoms with Crippen molar-refractivity contribution in [1.29, 1.82) is 0 Å². The first-order chi connectivity index (χ1) is 5.66. The molecule has 0 amide bonds. The zero-order chi connectivity index (χ0) is 9.14. The molecule has 0 aromatic heterocycles. The fraction of sp³-hybridized carbons (Fsp3) is 0.182. The molecule has 1 rings (SSSR count). The highest BCUT2D eigenvalue weighted by Gasteiger charge is 2.05. The minimum Gasteiger partial charge on any atom is -0.289 e. The maximum atomic E-state index is 11.3. The van der Waals surface area contributed by atoms with Crippen molar-refractivity contribution in [2.24, 2.45) is 0 Å². The van der Waals surface area contributed by atoms with Gasteiger partial charge in [0.15, 0.2) is 5.78 Å². The number of allylic oxidation sites excluding steroid dienone is 1. The van der Waals surface area contributed by atoms with Gasteiger partial charge in [0.1, 0.15) is 0 Å². The van der Waals surface area contributed by atoms with E-state index in [-0.39, 0.29) is 5.78 Å². The molecule has 0 N–H and O–H groups in total. The third kappa shape index (κ3) is 1.45. The molecule has 0 fully saturated rings. The van der Waals surface area contributed by atoms with E-state index in [1.807, 2.05) is 32.0 Å². The molecule has 0 aliphatic heterocycles. The Hall–Kier alpha value is -1.37. The zero-order valence-electron chi connectivity index (χ0n) is 7.42. The summed E-state index contributed by atoms with van der Waals surface area (Å²) in [5.41, 5.74) is 2.94. The van der Waals surface area contributed by atoms with E-state index in [9.17, 15) is 4.79 Å². The van der Waals surface area contributed by atoms with E-state index < -0.39 is 0 Å². The van der Waals surface area contributed by atoms with Gasteiger partial charge in [-0.3, -0.25) is 4.79 Å². The lowest BCUT2D eigenvalue weighted by molar-refractivity contribution is 0.104. The van der Waals surface area contributed by atoms with Crippen LogP contribution in [-0.2, 0) is 0 Å². The molecule has 1 nitrogen and oxygen atoms in total. The van der Waals surface area contributed by atoms with E-state index in [4.69, 9.17) is 0 Å². The van der Waals surface area contributed by atoms with Crippen LogP contribution >= 0.6 is 0 Å². The molecule has 0 radical (unpaired) electrons. The number of hydrogen-bond donors (Lipinski definition) is 0. The van der Waals surface area contributed by atoms with Gasteiger partial charge in [0.05, 0.1) is 0 Å². The summed E-state index contributed by atoms with van der Waals surface area (Å²) in [6.07, 6.45) is 1.35. The number of aryl methyl sites for hydroxylation is 1. The highest BCUT2D eigenvalue weighted by molar-refractivity contribution is 6.05. The van der Waals surface area contributed by atoms with E-state index in [0.717, 1.165) is 16.7 Å². The average Bonchev–Trinajstić information content (AvgIpc) is 2.08. The first-order valence-corrected chi connectivity index (χ1v) is 3.90. The molecule has 62 valence electrons. The molecule has 0 aliphatic carbocycles. The highest BCUT2D eigenvalue weighted by atomic mass is 16.1. The summed E-state index contributed by atoms with van der Waals surface area (Å²) in [6, 6.07) is 5.71. The second-order valence-electron chi connectivity index (χ2n) is 2.82. The van der Waals surface area contributed by atoms with Crippen LogP contribution in [0.25, 0.3) is 0 Å². The topological polar surface area (TPSA) is 17.1 Å². The molecule has 1 aromatic carbocycles. The zero-order valence-corrected chi connectivity index (χ0v) is 7.42. The lowest BCUT2D eigenvalue weighted by atomic mass is 10.0. The van der Waals surface area contributed by atoms with Crippen molar-refractivity contribution in [1.82, 2.24) is 0 Å². The summed E-state index contributed by atoms with van der Waals surface area (Å²) in [7, 11) is 0. The van der Waals surface area contributed by atoms with Gasteiger partial charge >= 0.3 is 0 Å². The van der Waals surface area contributed by atoms with Gasteiger partial charge in [0.25, 0.3) is 0 Å². The van der Waals surface area contributed by atoms with Crippen LogP contribution in [0.4, 0.5) is 0 Å². The number of carbonyl (C=O) groups is 1. The maximum absolute atomic E-state index is 11.3. The Labute approximate surface area is 72.7 Å². The van der Waals surface area contributed by atoms with Crippen molar-refractivity contribution in [2.45, 2.75) is 13.8 Å². The number of rotatable bonds is 2. The van der Waals surface area contributed by atoms with Crippen LogP contribution in [0.3, 0.4) is 0 Å². The van der Waals surface area contributed by atoms with Crippen LogP contribution in [-0.4, -0.2) is 5.78 Å². The van der Waals surface area contributed by atoms with E-state index >= 15 is 0 Å². The standard InChI is InChI=1S/C11H12O/c1-4-11(12)10-7-5-6-8(2)9(10)3/h4-7H,1H2,2-3H3. The maximum Gasteiger partial charge on any atom is 0.185 e. The Bertz CT molecular complexity index is 324. The van der Waals surface area contributed by atoms with Crippen molar-refractivity contribution in [3.8, 4) is 0 Å². The van der Waals surface area contributed by atoms with E-state index in [0.29, 0.717) is 0 Å². The van der Waals surface area contributed by atoms with Crippen LogP contribution in [0.5, 0.6) is 0 Å². The van der Waals surface area contributed by atoms with Gasteiger partial charge in [-0.2, -0.15) is 0 Å². The molecular formula is C11H12O. The smallest absolute Gasteiger partial charge is 0.185 e. The van der Waals surface area contributed by atoms with Gasteiger partial charge in [-0.1, -0.05) is 24.8 Å². The molecule has 0 saturated heterocycles. The molecule has 0 saturated carbocycles. The first kappa shape index (κ1) is 8.72. The SMILES string of the molecule is C=CC(=O)c1cccc(C)c1C. The van der Waals surface area contributed by atoms with Crippen LogP contribution in [0.2, 0.25) is 0 Å². The fourth-order valence-electron chi connectivity index (χ4n) is 1.13. The van der Waals surface area contributed by atoms with Crippen LogP contribution < -0.4 is 0 Å². The first-order valence-electron chi connectivity index (χ1n) is 3.90. The van der Waals surface area contributed by atoms with Gasteiger partial charge in [-0.25, -0.2) is 0 Å². The minimum atomic E-state index is -0.00352. The summed E-state index contributed by atoms with van der Waals surface area (Å²) in [4.78, 5) is 11.3. The fourth-order valence-corrected chi connectivity index (χ4v) is 1.13. The number of carbonyl (C=O) groups excluding carboxylic acids is 1. The van der Waals surface area contributed by atoms with Crippen LogP contribution in [0.15, 0.2) is 30.9 Å². The highest BCUT2D eigenvalue weighted by Crippen LogP contribution is 2.13. The van der Waals surface area contributed by atoms with Gasteiger partial charge in [0, 0.05) is 5.56 Å². The van der Waals surface area contributed by atoms with Crippen LogP contribution in [0.1, 0.15) is 21.5 Å². The summed E-state index contributed by atoms with van der Waals surface area (Å²) < 4.78 is 0. The molecule has 0 atom stereocenters. The van der Waals surface area contributed by atoms with Gasteiger partial charge in [0.2, 0.25) is 0 Å². The quantitative estimate of drug-likeness (QED) is 0.480. The molecule has 1 heteroatoms. The largest absolute Gasteiger partial charge is 0.289 e. The third-order valence-corrected chi connectivity index (χ3v) is 2.06. The Balaban J connectivity index is 3.25. The lowest BCUT2D eigenvalue weighted by Crippen LogP contribution is -1.98. The third-order valence-electron chi connectivity index (χ3n) is 2.06. The summed E-state index contributed by atoms with van der Waals surface area (Å²) >= 11 is 0. The number of ketones is 1. The number of benzene rings is 1. The van der Waals surface area contributed by atoms with E-state index in [2.05, 4.69) is 6.58 Å². The summed E-state index contributed by atoms with van der Waals surface area (Å²) in [6.45, 7) is 7.40. The molecule has 1 aromatic rings. The Kier molecular flexibility index (Phi) is 2.44. The molecule has 0 heterocycles. The average molecular weight is 160 g/mol. The Morgan fingerprint density at radius 3 is 2.67 bits per heavy atom. The van der Waals surface area contributed by atoms with E-state index in [1.165, 1.54) is 6.08 Å². The van der Waals surface area contributed by atoms with E-state index in [1.54, 1.807) is 0 Å². The Morgan fingerprint density at radius 1 is 1.42 bits per heavy atom. The molecular weight excluding hydrogens is 148 g/mol. The van der Waals surface area contributed by atoms with Crippen LogP contribution in [0, 0.1) is 13.8 Å². The summed E-state index contributed by atoms with van der Waals surface area (Å²) in [5, 5.41) is 0. The monoisotopic (exact) mass is 160 g/mol. The molecule has 12 heavy (non-hydrogen) atoms. The van der Waals surface area contributed by atoms with Crippen molar-refractivity contribution in [2.75, 3.05) is 0 Å². The predicted octanol–water partition coefficient (Wildman–Crippen LogP) is 2.67. The van der Waals surface area contributed by atoms with Crippen molar-refractivity contribution in [3.63, 3.8) is 0 Å². The molecule has 0 spiro atoms. The molecule has 0 unspecified atom stereocenters. The molecule has 0 aliphatic rings. The number of hydrogen-bond acceptors (Lipinski definition) is 1. The minimum absolute atomic E-state index is 0.00352. The van der Waals surface area contributed by atoms with Crippen molar-refractivity contribution >= 4 is 5.78 Å². The summed E-state index contributed by atoms with van der Waals surface area (Å²) in [5.74, 6) is -0.00352. The predicted molar refractivity (Wildman–Crippen MR) is 50.4 cm³/mol. The van der Waals surface area contributed by atoms with Crippen molar-refractivity contribution in [3.05, 3.63) is 47.5 Å². The Morgan fingerprint density at radius 2 is 2.08 bits per heavy atom. The normalized spacial score (nSPS) is 9.50. The van der Waals surface area contributed by atoms with Crippen molar-refractivity contribution < 1.29 is 4.79 Å². The second kappa shape index (κ2) is 3.35. The van der Waals surface area contributed by atoms with Gasteiger partial charge in [-0.15, -0.1) is 0 Å².